The van der Waals surface area contributed by atoms with Crippen molar-refractivity contribution in [2.24, 2.45) is 10.2 Å². The van der Waals surface area contributed by atoms with Crippen molar-refractivity contribution < 1.29 is 14.3 Å². The molecule has 3 aromatic carbocycles. The highest BCUT2D eigenvalue weighted by atomic mass is 32.2. The Morgan fingerprint density at radius 2 is 1.82 bits per heavy atom. The number of amides is 1. The Morgan fingerprint density at radius 3 is 2.62 bits per heavy atom. The summed E-state index contributed by atoms with van der Waals surface area (Å²) in [5.74, 6) is 1.39. The Labute approximate surface area is 204 Å². The number of rotatable bonds is 9. The molecule has 34 heavy (non-hydrogen) atoms. The molecule has 1 fully saturated rings. The molecule has 176 valence electrons. The van der Waals surface area contributed by atoms with E-state index in [1.54, 1.807) is 25.3 Å². The van der Waals surface area contributed by atoms with Crippen molar-refractivity contribution in [3.8, 4) is 11.5 Å². The molecule has 1 amide bonds. The Hall–Kier alpha value is -3.32. The number of benzene rings is 3. The topological polar surface area (TPSA) is 63.5 Å². The molecule has 1 aliphatic rings. The van der Waals surface area contributed by atoms with Gasteiger partial charge in [-0.05, 0) is 46.5 Å². The lowest BCUT2D eigenvalue weighted by molar-refractivity contribution is -0.126. The van der Waals surface area contributed by atoms with Crippen molar-refractivity contribution in [1.82, 2.24) is 4.90 Å². The molecule has 4 rings (SSSR count). The molecule has 0 aliphatic carbocycles. The van der Waals surface area contributed by atoms with Crippen molar-refractivity contribution in [2.75, 3.05) is 14.2 Å². The molecule has 1 aliphatic heterocycles. The van der Waals surface area contributed by atoms with E-state index in [4.69, 9.17) is 9.47 Å². The molecular weight excluding hydrogens is 446 g/mol. The van der Waals surface area contributed by atoms with Gasteiger partial charge in [0.25, 0.3) is 0 Å². The largest absolute Gasteiger partial charge is 0.493 e. The summed E-state index contributed by atoms with van der Waals surface area (Å²) >= 11 is 1.51. The van der Waals surface area contributed by atoms with Gasteiger partial charge < -0.3 is 9.47 Å². The molecule has 7 heteroatoms. The van der Waals surface area contributed by atoms with Gasteiger partial charge in [-0.2, -0.15) is 5.10 Å². The first-order valence-electron chi connectivity index (χ1n) is 11.4. The van der Waals surface area contributed by atoms with Crippen LogP contribution in [0.2, 0.25) is 0 Å². The minimum absolute atomic E-state index is 0.103. The fourth-order valence-electron chi connectivity index (χ4n) is 3.98. The van der Waals surface area contributed by atoms with Gasteiger partial charge in [-0.1, -0.05) is 74.0 Å². The number of fused-ring (bicyclic) bond motifs is 1. The van der Waals surface area contributed by atoms with Crippen molar-refractivity contribution >= 4 is 39.8 Å². The summed E-state index contributed by atoms with van der Waals surface area (Å²) in [5.41, 5.74) is 1.93. The Balaban J connectivity index is 1.61. The predicted molar refractivity (Wildman–Crippen MR) is 140 cm³/mol. The first-order valence-corrected chi connectivity index (χ1v) is 12.3. The van der Waals surface area contributed by atoms with Crippen LogP contribution in [0.1, 0.15) is 37.3 Å². The monoisotopic (exact) mass is 475 g/mol. The van der Waals surface area contributed by atoms with Gasteiger partial charge in [0.15, 0.2) is 16.7 Å². The van der Waals surface area contributed by atoms with Gasteiger partial charge in [0.2, 0.25) is 5.91 Å². The maximum Gasteiger partial charge on any atom is 0.242 e. The van der Waals surface area contributed by atoms with Crippen molar-refractivity contribution in [2.45, 2.75) is 38.0 Å². The molecule has 0 radical (unpaired) electrons. The Morgan fingerprint density at radius 1 is 1.03 bits per heavy atom. The van der Waals surface area contributed by atoms with Crippen LogP contribution in [0, 0.1) is 0 Å². The molecule has 0 saturated carbocycles. The number of amidine groups is 1. The molecular formula is C27H29N3O3S. The third-order valence-corrected chi connectivity index (χ3v) is 7.04. The third-order valence-electron chi connectivity index (χ3n) is 5.81. The number of carbonyl (C=O) groups excluding carboxylic acids is 1. The number of nitrogens with zero attached hydrogens (tertiary/aromatic N) is 3. The highest BCUT2D eigenvalue weighted by molar-refractivity contribution is 8.15. The van der Waals surface area contributed by atoms with E-state index in [-0.39, 0.29) is 11.2 Å². The number of thioether (sulfide) groups is 1. The van der Waals surface area contributed by atoms with Crippen LogP contribution >= 0.6 is 11.8 Å². The normalized spacial score (nSPS) is 17.3. The highest BCUT2D eigenvalue weighted by Crippen LogP contribution is 2.33. The fourth-order valence-corrected chi connectivity index (χ4v) is 5.13. The maximum atomic E-state index is 13.3. The number of methoxy groups -OCH3 is 2. The first-order chi connectivity index (χ1) is 16.6. The second-order valence-corrected chi connectivity index (χ2v) is 9.22. The first kappa shape index (κ1) is 23.8. The lowest BCUT2D eigenvalue weighted by atomic mass is 10.0. The molecule has 1 unspecified atom stereocenters. The quantitative estimate of drug-likeness (QED) is 0.286. The van der Waals surface area contributed by atoms with E-state index in [1.807, 2.05) is 36.4 Å². The van der Waals surface area contributed by atoms with Gasteiger partial charge in [0, 0.05) is 0 Å². The van der Waals surface area contributed by atoms with Gasteiger partial charge in [-0.3, -0.25) is 9.69 Å². The van der Waals surface area contributed by atoms with E-state index < -0.39 is 0 Å². The number of carbonyl (C=O) groups is 1. The molecule has 1 saturated heterocycles. The average molecular weight is 476 g/mol. The molecule has 0 bridgehead atoms. The van der Waals surface area contributed by atoms with Crippen molar-refractivity contribution in [3.63, 3.8) is 0 Å². The molecule has 1 atom stereocenters. The second kappa shape index (κ2) is 11.2. The van der Waals surface area contributed by atoms with Gasteiger partial charge in [-0.25, -0.2) is 0 Å². The lowest BCUT2D eigenvalue weighted by Crippen LogP contribution is -2.31. The zero-order valence-corrected chi connectivity index (χ0v) is 20.5. The van der Waals surface area contributed by atoms with Gasteiger partial charge in [-0.15, -0.1) is 5.10 Å². The molecule has 0 aromatic heterocycles. The van der Waals surface area contributed by atoms with Crippen LogP contribution < -0.4 is 9.47 Å². The van der Waals surface area contributed by atoms with Gasteiger partial charge in [0.1, 0.15) is 0 Å². The van der Waals surface area contributed by atoms with Crippen molar-refractivity contribution in [3.05, 3.63) is 71.8 Å². The van der Waals surface area contributed by atoms with E-state index in [1.165, 1.54) is 11.8 Å². The van der Waals surface area contributed by atoms with Crippen LogP contribution in [0.5, 0.6) is 11.5 Å². The summed E-state index contributed by atoms with van der Waals surface area (Å²) in [5, 5.41) is 11.6. The van der Waals surface area contributed by atoms with Gasteiger partial charge >= 0.3 is 0 Å². The summed E-state index contributed by atoms with van der Waals surface area (Å²) in [6.45, 7) is 2.61. The summed E-state index contributed by atoms with van der Waals surface area (Å²) in [6.07, 6.45) is 4.56. The van der Waals surface area contributed by atoms with Crippen LogP contribution in [0.25, 0.3) is 10.8 Å². The summed E-state index contributed by atoms with van der Waals surface area (Å²) in [7, 11) is 3.20. The molecule has 0 spiro atoms. The number of hydrogen-bond donors (Lipinski definition) is 0. The lowest BCUT2D eigenvalue weighted by Gasteiger charge is -2.17. The minimum atomic E-state index is -0.120. The summed E-state index contributed by atoms with van der Waals surface area (Å²) in [4.78, 5) is 15.1. The summed E-state index contributed by atoms with van der Waals surface area (Å²) in [6, 6.07) is 20.0. The summed E-state index contributed by atoms with van der Waals surface area (Å²) < 4.78 is 10.7. The average Bonchev–Trinajstić information content (AvgIpc) is 3.16. The van der Waals surface area contributed by atoms with Gasteiger partial charge in [0.05, 0.1) is 32.2 Å². The van der Waals surface area contributed by atoms with E-state index >= 15 is 0 Å². The number of ether oxygens (including phenoxy) is 2. The minimum Gasteiger partial charge on any atom is -0.493 e. The Kier molecular flexibility index (Phi) is 7.85. The van der Waals surface area contributed by atoms with E-state index in [9.17, 15) is 4.79 Å². The van der Waals surface area contributed by atoms with E-state index in [0.29, 0.717) is 23.2 Å². The maximum absolute atomic E-state index is 13.3. The zero-order chi connectivity index (χ0) is 23.9. The van der Waals surface area contributed by atoms with Crippen molar-refractivity contribution in [1.29, 1.82) is 0 Å². The van der Waals surface area contributed by atoms with Crippen LogP contribution in [-0.2, 0) is 11.3 Å². The van der Waals surface area contributed by atoms with E-state index in [0.717, 1.165) is 41.2 Å². The van der Waals surface area contributed by atoms with E-state index in [2.05, 4.69) is 41.4 Å². The second-order valence-electron chi connectivity index (χ2n) is 8.05. The SMILES string of the molecule is CCCCC1SC(=NN=Cc2ccc(OC)c(OC)c2)N(Cc2cccc3ccccc23)C1=O. The molecule has 6 nitrogen and oxygen atoms in total. The Bertz CT molecular complexity index is 1220. The van der Waals surface area contributed by atoms with Crippen LogP contribution in [0.3, 0.4) is 0 Å². The van der Waals surface area contributed by atoms with Crippen LogP contribution in [0.15, 0.2) is 70.9 Å². The zero-order valence-electron chi connectivity index (χ0n) is 19.7. The third kappa shape index (κ3) is 5.25. The molecule has 1 heterocycles. The van der Waals surface area contributed by atoms with Crippen LogP contribution in [0.4, 0.5) is 0 Å². The van der Waals surface area contributed by atoms with Crippen LogP contribution in [-0.4, -0.2) is 41.7 Å². The fraction of sp³-hybridized carbons (Fsp3) is 0.296. The highest BCUT2D eigenvalue weighted by Gasteiger charge is 2.37. The standard InChI is InChI=1S/C27H29N3O3S/c1-4-5-13-25-26(31)30(18-21-11-8-10-20-9-6-7-12-22(20)21)27(34-25)29-28-17-19-14-15-23(32-2)24(16-19)33-3/h6-12,14-17,25H,4-5,13,18H2,1-3H3. The molecule has 3 aromatic rings. The molecule has 0 N–H and O–H groups in total. The number of unbranched alkanes of at least 4 members (excludes halogenated alkanes) is 1. The number of hydrogen-bond acceptors (Lipinski definition) is 6. The predicted octanol–water partition coefficient (Wildman–Crippen LogP) is 5.88. The smallest absolute Gasteiger partial charge is 0.242 e.